The van der Waals surface area contributed by atoms with Crippen molar-refractivity contribution in [3.05, 3.63) is 185 Å². The topological polar surface area (TPSA) is 3.24 Å². The second kappa shape index (κ2) is 15.7. The van der Waals surface area contributed by atoms with Gasteiger partial charge in [-0.2, -0.15) is 0 Å². The predicted octanol–water partition coefficient (Wildman–Crippen LogP) is 17.4. The third-order valence-corrected chi connectivity index (χ3v) is 13.9. The fraction of sp³-hybridized carbons (Fsp3) is 0.300. The zero-order valence-electron chi connectivity index (χ0n) is 38.0. The van der Waals surface area contributed by atoms with Crippen LogP contribution >= 0.6 is 0 Å². The van der Waals surface area contributed by atoms with Crippen LogP contribution in [-0.4, -0.2) is 0 Å². The van der Waals surface area contributed by atoms with E-state index in [0.717, 1.165) is 17.3 Å². The molecule has 0 spiro atoms. The SMILES string of the molecule is Cc1ccc(-c2ccc(C3CCCCC3)cc2)cc1-c1ccc(N(c2ccc(-c3cc(C(C)(C)C)cc(C(C)(C)C)c3)cc2)c2ccc3c(c2)C(C)(C)c2ccccc2-3)cc1. The molecule has 7 aromatic rings. The first kappa shape index (κ1) is 40.7. The van der Waals surface area contributed by atoms with E-state index in [4.69, 9.17) is 0 Å². The number of hydrogen-bond donors (Lipinski definition) is 0. The van der Waals surface area contributed by atoms with Gasteiger partial charge in [-0.05, 0) is 157 Å². The number of anilines is 3. The molecule has 2 aliphatic rings. The van der Waals surface area contributed by atoms with Crippen molar-refractivity contribution in [1.29, 1.82) is 0 Å². The van der Waals surface area contributed by atoms with Gasteiger partial charge in [0.05, 0.1) is 0 Å². The number of fused-ring (bicyclic) bond motifs is 3. The molecule has 0 heterocycles. The summed E-state index contributed by atoms with van der Waals surface area (Å²) in [5.74, 6) is 0.721. The van der Waals surface area contributed by atoms with Crippen LogP contribution in [0.5, 0.6) is 0 Å². The standard InChI is InChI=1S/C60H63N/c1-40-19-20-46(43-23-21-42(22-24-43)41-15-11-10-12-16-41)37-55(40)45-27-31-51(32-28-45)61(52-33-34-54-53-17-13-14-18-56(53)60(8,9)57(54)39-52)50-29-25-44(26-30-50)47-35-48(58(2,3)4)38-49(36-47)59(5,6)7/h13-14,17-39,41H,10-12,15-16H2,1-9H3. The van der Waals surface area contributed by atoms with Crippen molar-refractivity contribution in [1.82, 2.24) is 0 Å². The van der Waals surface area contributed by atoms with Crippen LogP contribution in [0.2, 0.25) is 0 Å². The Balaban J connectivity index is 1.09. The van der Waals surface area contributed by atoms with Crippen LogP contribution in [0.3, 0.4) is 0 Å². The van der Waals surface area contributed by atoms with Crippen LogP contribution in [0.15, 0.2) is 152 Å². The van der Waals surface area contributed by atoms with E-state index >= 15 is 0 Å². The molecule has 0 saturated heterocycles. The lowest BCUT2D eigenvalue weighted by Gasteiger charge is -2.29. The van der Waals surface area contributed by atoms with Crippen LogP contribution in [0.1, 0.15) is 127 Å². The Labute approximate surface area is 366 Å². The molecule has 2 aliphatic carbocycles. The van der Waals surface area contributed by atoms with Gasteiger partial charge < -0.3 is 4.90 Å². The molecule has 9 rings (SSSR count). The molecular formula is C60H63N. The minimum atomic E-state index is -0.0944. The van der Waals surface area contributed by atoms with Crippen molar-refractivity contribution < 1.29 is 0 Å². The lowest BCUT2D eigenvalue weighted by Crippen LogP contribution is -2.16. The Hall–Kier alpha value is -5.66. The van der Waals surface area contributed by atoms with E-state index in [1.807, 2.05) is 0 Å². The Kier molecular flexibility index (Phi) is 10.5. The maximum Gasteiger partial charge on any atom is 0.0465 e. The lowest BCUT2D eigenvalue weighted by atomic mass is 9.79. The molecule has 1 heteroatoms. The predicted molar refractivity (Wildman–Crippen MR) is 263 cm³/mol. The molecule has 308 valence electrons. The summed E-state index contributed by atoms with van der Waals surface area (Å²) in [6.07, 6.45) is 6.77. The van der Waals surface area contributed by atoms with E-state index in [1.54, 1.807) is 0 Å². The van der Waals surface area contributed by atoms with E-state index in [2.05, 4.69) is 219 Å². The average Bonchev–Trinajstić information content (AvgIpc) is 3.49. The van der Waals surface area contributed by atoms with Crippen molar-refractivity contribution in [2.24, 2.45) is 0 Å². The van der Waals surface area contributed by atoms with Crippen molar-refractivity contribution >= 4 is 17.1 Å². The van der Waals surface area contributed by atoms with Crippen molar-refractivity contribution in [2.45, 2.75) is 117 Å². The van der Waals surface area contributed by atoms with Crippen LogP contribution in [0.4, 0.5) is 17.1 Å². The van der Waals surface area contributed by atoms with Gasteiger partial charge in [0.25, 0.3) is 0 Å². The fourth-order valence-corrected chi connectivity index (χ4v) is 10.0. The number of hydrogen-bond acceptors (Lipinski definition) is 1. The molecule has 0 unspecified atom stereocenters. The number of nitrogens with zero attached hydrogens (tertiary/aromatic N) is 1. The third-order valence-electron chi connectivity index (χ3n) is 13.9. The molecule has 7 aromatic carbocycles. The quantitative estimate of drug-likeness (QED) is 0.155. The highest BCUT2D eigenvalue weighted by atomic mass is 15.1. The third kappa shape index (κ3) is 7.89. The van der Waals surface area contributed by atoms with E-state index in [1.165, 1.54) is 116 Å². The molecule has 0 atom stereocenters. The maximum absolute atomic E-state index is 2.44. The molecule has 61 heavy (non-hydrogen) atoms. The van der Waals surface area contributed by atoms with Gasteiger partial charge in [0, 0.05) is 22.5 Å². The van der Waals surface area contributed by atoms with Gasteiger partial charge in [0.15, 0.2) is 0 Å². The summed E-state index contributed by atoms with van der Waals surface area (Å²) < 4.78 is 0. The Bertz CT molecular complexity index is 2660. The maximum atomic E-state index is 2.44. The van der Waals surface area contributed by atoms with Gasteiger partial charge in [-0.15, -0.1) is 0 Å². The second-order valence-electron chi connectivity index (χ2n) is 20.6. The zero-order chi connectivity index (χ0) is 42.7. The minimum Gasteiger partial charge on any atom is -0.310 e. The van der Waals surface area contributed by atoms with Gasteiger partial charge in [-0.3, -0.25) is 0 Å². The normalized spacial score (nSPS) is 15.0. The monoisotopic (exact) mass is 797 g/mol. The molecule has 0 aliphatic heterocycles. The van der Waals surface area contributed by atoms with Crippen molar-refractivity contribution in [3.8, 4) is 44.5 Å². The first-order valence-corrected chi connectivity index (χ1v) is 22.8. The zero-order valence-corrected chi connectivity index (χ0v) is 38.0. The molecular weight excluding hydrogens is 735 g/mol. The molecule has 1 fully saturated rings. The van der Waals surface area contributed by atoms with Crippen LogP contribution < -0.4 is 4.90 Å². The van der Waals surface area contributed by atoms with Crippen molar-refractivity contribution in [3.63, 3.8) is 0 Å². The fourth-order valence-electron chi connectivity index (χ4n) is 10.0. The first-order valence-electron chi connectivity index (χ1n) is 22.8. The smallest absolute Gasteiger partial charge is 0.0465 e. The molecule has 0 radical (unpaired) electrons. The van der Waals surface area contributed by atoms with Gasteiger partial charge in [-0.1, -0.05) is 184 Å². The van der Waals surface area contributed by atoms with Gasteiger partial charge in [0.1, 0.15) is 0 Å². The Morgan fingerprint density at radius 2 is 0.967 bits per heavy atom. The van der Waals surface area contributed by atoms with Crippen LogP contribution in [-0.2, 0) is 16.2 Å². The summed E-state index contributed by atoms with van der Waals surface area (Å²) in [6, 6.07) is 58.1. The van der Waals surface area contributed by atoms with E-state index < -0.39 is 0 Å². The molecule has 0 bridgehead atoms. The summed E-state index contributed by atoms with van der Waals surface area (Å²) in [4.78, 5) is 2.44. The van der Waals surface area contributed by atoms with Crippen LogP contribution in [0, 0.1) is 6.92 Å². The summed E-state index contributed by atoms with van der Waals surface area (Å²) in [5, 5.41) is 0. The summed E-state index contributed by atoms with van der Waals surface area (Å²) in [6.45, 7) is 20.9. The minimum absolute atomic E-state index is 0.0551. The van der Waals surface area contributed by atoms with Crippen LogP contribution in [0.25, 0.3) is 44.5 Å². The average molecular weight is 798 g/mol. The van der Waals surface area contributed by atoms with Crippen molar-refractivity contribution in [2.75, 3.05) is 4.90 Å². The molecule has 0 amide bonds. The number of aryl methyl sites for hydroxylation is 1. The number of benzene rings is 7. The summed E-state index contributed by atoms with van der Waals surface area (Å²) >= 11 is 0. The summed E-state index contributed by atoms with van der Waals surface area (Å²) in [7, 11) is 0. The molecule has 0 N–H and O–H groups in total. The second-order valence-corrected chi connectivity index (χ2v) is 20.6. The summed E-state index contributed by atoms with van der Waals surface area (Å²) in [5.41, 5.74) is 22.0. The Morgan fingerprint density at radius 3 is 1.59 bits per heavy atom. The molecule has 1 nitrogen and oxygen atoms in total. The van der Waals surface area contributed by atoms with Gasteiger partial charge >= 0.3 is 0 Å². The van der Waals surface area contributed by atoms with Gasteiger partial charge in [-0.25, -0.2) is 0 Å². The van der Waals surface area contributed by atoms with Gasteiger partial charge in [0.2, 0.25) is 0 Å². The van der Waals surface area contributed by atoms with E-state index in [0.29, 0.717) is 0 Å². The van der Waals surface area contributed by atoms with E-state index in [-0.39, 0.29) is 16.2 Å². The first-order chi connectivity index (χ1) is 29.1. The van der Waals surface area contributed by atoms with E-state index in [9.17, 15) is 0 Å². The highest BCUT2D eigenvalue weighted by Crippen LogP contribution is 2.51. The largest absolute Gasteiger partial charge is 0.310 e. The number of rotatable bonds is 7. The molecule has 0 aromatic heterocycles. The highest BCUT2D eigenvalue weighted by molar-refractivity contribution is 5.87. The highest BCUT2D eigenvalue weighted by Gasteiger charge is 2.36. The Morgan fingerprint density at radius 1 is 0.443 bits per heavy atom. The molecule has 1 saturated carbocycles. The lowest BCUT2D eigenvalue weighted by molar-refractivity contribution is 0.443.